The summed E-state index contributed by atoms with van der Waals surface area (Å²) in [6.45, 7) is 0.535. The van der Waals surface area contributed by atoms with Gasteiger partial charge in [-0.3, -0.25) is 9.59 Å². The fourth-order valence-corrected chi connectivity index (χ4v) is 2.93. The highest BCUT2D eigenvalue weighted by atomic mass is 16.5. The van der Waals surface area contributed by atoms with Crippen LogP contribution >= 0.6 is 0 Å². The van der Waals surface area contributed by atoms with Crippen molar-refractivity contribution < 1.29 is 14.3 Å². The third-order valence-corrected chi connectivity index (χ3v) is 4.14. The Bertz CT molecular complexity index is 840. The van der Waals surface area contributed by atoms with Crippen LogP contribution in [0.25, 0.3) is 0 Å². The van der Waals surface area contributed by atoms with Crippen LogP contribution in [-0.2, 0) is 17.7 Å². The van der Waals surface area contributed by atoms with E-state index in [1.807, 2.05) is 0 Å². The molecule has 0 unspecified atom stereocenters. The van der Waals surface area contributed by atoms with Crippen LogP contribution in [0.2, 0.25) is 0 Å². The van der Waals surface area contributed by atoms with Gasteiger partial charge < -0.3 is 14.6 Å². The number of esters is 1. The molecule has 1 aliphatic heterocycles. The standard InChI is InChI=1S/C18H18N2O4/c1-24-18(23)13-11-14(17(22)20-10-6-5-9-15(13)20)19-16(21)12-7-3-2-4-8-12/h2-4,7-8,11H,5-6,9-10H2,1H3,(H,19,21). The number of pyridine rings is 1. The molecule has 24 heavy (non-hydrogen) atoms. The average molecular weight is 326 g/mol. The van der Waals surface area contributed by atoms with Crippen molar-refractivity contribution in [3.8, 4) is 0 Å². The molecule has 1 N–H and O–H groups in total. The molecule has 0 saturated heterocycles. The average Bonchev–Trinajstić information content (AvgIpc) is 2.64. The van der Waals surface area contributed by atoms with Gasteiger partial charge in [0.05, 0.1) is 12.7 Å². The van der Waals surface area contributed by atoms with Gasteiger partial charge >= 0.3 is 5.97 Å². The quantitative estimate of drug-likeness (QED) is 0.878. The van der Waals surface area contributed by atoms with Gasteiger partial charge in [0.15, 0.2) is 0 Å². The number of nitrogens with zero attached hydrogens (tertiary/aromatic N) is 1. The fourth-order valence-electron chi connectivity index (χ4n) is 2.93. The van der Waals surface area contributed by atoms with E-state index in [1.165, 1.54) is 13.2 Å². The third-order valence-electron chi connectivity index (χ3n) is 4.14. The first-order valence-electron chi connectivity index (χ1n) is 7.83. The van der Waals surface area contributed by atoms with Crippen LogP contribution in [0.1, 0.15) is 39.3 Å². The molecule has 1 aliphatic rings. The number of aromatic nitrogens is 1. The smallest absolute Gasteiger partial charge is 0.339 e. The molecular weight excluding hydrogens is 308 g/mol. The van der Waals surface area contributed by atoms with E-state index in [0.29, 0.717) is 29.8 Å². The number of hydrogen-bond acceptors (Lipinski definition) is 4. The van der Waals surface area contributed by atoms with Crippen LogP contribution in [0.15, 0.2) is 41.2 Å². The van der Waals surface area contributed by atoms with Gasteiger partial charge in [-0.15, -0.1) is 0 Å². The van der Waals surface area contributed by atoms with Gasteiger partial charge in [-0.05, 0) is 37.5 Å². The van der Waals surface area contributed by atoms with Crippen molar-refractivity contribution in [1.82, 2.24) is 4.57 Å². The van der Waals surface area contributed by atoms with Crippen molar-refractivity contribution in [1.29, 1.82) is 0 Å². The first-order valence-corrected chi connectivity index (χ1v) is 7.83. The molecule has 0 atom stereocenters. The predicted octanol–water partition coefficient (Wildman–Crippen LogP) is 2.22. The SMILES string of the molecule is COC(=O)c1cc(NC(=O)c2ccccc2)c(=O)n2c1CCCC2. The number of carbonyl (C=O) groups is 2. The largest absolute Gasteiger partial charge is 0.465 e. The lowest BCUT2D eigenvalue weighted by molar-refractivity contribution is 0.0597. The zero-order valence-corrected chi connectivity index (χ0v) is 13.4. The number of nitrogens with one attached hydrogen (secondary N) is 1. The van der Waals surface area contributed by atoms with Crippen molar-refractivity contribution in [2.45, 2.75) is 25.8 Å². The lowest BCUT2D eigenvalue weighted by Crippen LogP contribution is -2.32. The van der Waals surface area contributed by atoms with Crippen molar-refractivity contribution >= 4 is 17.6 Å². The number of ether oxygens (including phenoxy) is 1. The molecule has 0 bridgehead atoms. The lowest BCUT2D eigenvalue weighted by atomic mass is 10.0. The molecule has 0 aliphatic carbocycles. The topological polar surface area (TPSA) is 77.4 Å². The highest BCUT2D eigenvalue weighted by Crippen LogP contribution is 2.20. The molecule has 6 heteroatoms. The number of methoxy groups -OCH3 is 1. The van der Waals surface area contributed by atoms with Gasteiger partial charge in [-0.25, -0.2) is 4.79 Å². The van der Waals surface area contributed by atoms with E-state index in [1.54, 1.807) is 34.9 Å². The molecule has 0 fully saturated rings. The summed E-state index contributed by atoms with van der Waals surface area (Å²) >= 11 is 0. The molecule has 0 spiro atoms. The Morgan fingerprint density at radius 2 is 1.92 bits per heavy atom. The first kappa shape index (κ1) is 16.0. The van der Waals surface area contributed by atoms with Crippen molar-refractivity contribution in [2.75, 3.05) is 12.4 Å². The zero-order valence-electron chi connectivity index (χ0n) is 13.4. The van der Waals surface area contributed by atoms with E-state index in [-0.39, 0.29) is 17.2 Å². The van der Waals surface area contributed by atoms with Gasteiger partial charge in [-0.1, -0.05) is 18.2 Å². The second-order valence-corrected chi connectivity index (χ2v) is 5.64. The highest BCUT2D eigenvalue weighted by molar-refractivity contribution is 6.04. The Hall–Kier alpha value is -2.89. The maximum absolute atomic E-state index is 12.6. The molecule has 0 saturated carbocycles. The molecular formula is C18H18N2O4. The van der Waals surface area contributed by atoms with Crippen LogP contribution in [-0.4, -0.2) is 23.6 Å². The minimum absolute atomic E-state index is 0.0925. The van der Waals surface area contributed by atoms with E-state index in [9.17, 15) is 14.4 Å². The number of rotatable bonds is 3. The molecule has 0 radical (unpaired) electrons. The molecule has 1 aromatic carbocycles. The summed E-state index contributed by atoms with van der Waals surface area (Å²) in [6.07, 6.45) is 2.43. The number of benzene rings is 1. The normalized spacial score (nSPS) is 13.0. The molecule has 1 aromatic heterocycles. The number of amides is 1. The zero-order chi connectivity index (χ0) is 17.1. The van der Waals surface area contributed by atoms with Gasteiger partial charge in [0.1, 0.15) is 5.69 Å². The van der Waals surface area contributed by atoms with Crippen LogP contribution in [0, 0.1) is 0 Å². The Morgan fingerprint density at radius 3 is 2.62 bits per heavy atom. The number of hydrogen-bond donors (Lipinski definition) is 1. The summed E-state index contributed by atoms with van der Waals surface area (Å²) in [5.41, 5.74) is 1.26. The second-order valence-electron chi connectivity index (χ2n) is 5.64. The molecule has 3 rings (SSSR count). The molecule has 2 aromatic rings. The van der Waals surface area contributed by atoms with Crippen molar-refractivity contribution in [3.05, 3.63) is 63.6 Å². The molecule has 124 valence electrons. The second kappa shape index (κ2) is 6.70. The molecule has 2 heterocycles. The Balaban J connectivity index is 2.03. The summed E-state index contributed by atoms with van der Waals surface area (Å²) in [7, 11) is 1.30. The highest BCUT2D eigenvalue weighted by Gasteiger charge is 2.23. The van der Waals surface area contributed by atoms with Gasteiger partial charge in [0, 0.05) is 17.8 Å². The van der Waals surface area contributed by atoms with Gasteiger partial charge in [0.2, 0.25) is 0 Å². The number of carbonyl (C=O) groups excluding carboxylic acids is 2. The first-order chi connectivity index (χ1) is 11.6. The van der Waals surface area contributed by atoms with E-state index >= 15 is 0 Å². The van der Waals surface area contributed by atoms with Crippen LogP contribution in [0.4, 0.5) is 5.69 Å². The van der Waals surface area contributed by atoms with Crippen molar-refractivity contribution in [2.24, 2.45) is 0 Å². The van der Waals surface area contributed by atoms with Crippen molar-refractivity contribution in [3.63, 3.8) is 0 Å². The minimum Gasteiger partial charge on any atom is -0.465 e. The predicted molar refractivity (Wildman–Crippen MR) is 89.4 cm³/mol. The Labute approximate surface area is 139 Å². The summed E-state index contributed by atoms with van der Waals surface area (Å²) < 4.78 is 6.39. The lowest BCUT2D eigenvalue weighted by Gasteiger charge is -2.22. The molecule has 1 amide bonds. The van der Waals surface area contributed by atoms with E-state index in [2.05, 4.69) is 5.32 Å². The summed E-state index contributed by atoms with van der Waals surface area (Å²) in [6, 6.07) is 10.0. The van der Waals surface area contributed by atoms with E-state index in [0.717, 1.165) is 12.8 Å². The summed E-state index contributed by atoms with van der Waals surface area (Å²) in [4.78, 5) is 37.0. The van der Waals surface area contributed by atoms with E-state index < -0.39 is 5.97 Å². The van der Waals surface area contributed by atoms with Crippen LogP contribution < -0.4 is 10.9 Å². The maximum atomic E-state index is 12.6. The monoisotopic (exact) mass is 326 g/mol. The Kier molecular flexibility index (Phi) is 4.46. The number of fused-ring (bicyclic) bond motifs is 1. The van der Waals surface area contributed by atoms with Gasteiger partial charge in [-0.2, -0.15) is 0 Å². The third kappa shape index (κ3) is 2.95. The summed E-state index contributed by atoms with van der Waals surface area (Å²) in [5.74, 6) is -0.893. The Morgan fingerprint density at radius 1 is 1.17 bits per heavy atom. The van der Waals surface area contributed by atoms with Gasteiger partial charge in [0.25, 0.3) is 11.5 Å². The van der Waals surface area contributed by atoms with Crippen LogP contribution in [0.5, 0.6) is 0 Å². The number of anilines is 1. The minimum atomic E-state index is -0.504. The van der Waals surface area contributed by atoms with Crippen LogP contribution in [0.3, 0.4) is 0 Å². The maximum Gasteiger partial charge on any atom is 0.339 e. The van der Waals surface area contributed by atoms with E-state index in [4.69, 9.17) is 4.74 Å². The fraction of sp³-hybridized carbons (Fsp3) is 0.278. The molecule has 6 nitrogen and oxygen atoms in total. The summed E-state index contributed by atoms with van der Waals surface area (Å²) in [5, 5.41) is 2.62.